The second-order valence-corrected chi connectivity index (χ2v) is 13.8. The van der Waals surface area contributed by atoms with Crippen molar-refractivity contribution in [2.45, 2.75) is 105 Å². The summed E-state index contributed by atoms with van der Waals surface area (Å²) in [5, 5.41) is 0. The zero-order valence-corrected chi connectivity index (χ0v) is 29.3. The summed E-state index contributed by atoms with van der Waals surface area (Å²) in [5.41, 5.74) is 3.61. The lowest BCUT2D eigenvalue weighted by molar-refractivity contribution is -0.683. The molecule has 0 radical (unpaired) electrons. The normalized spacial score (nSPS) is 13.4. The van der Waals surface area contributed by atoms with E-state index in [0.717, 1.165) is 28.2 Å². The van der Waals surface area contributed by atoms with Crippen molar-refractivity contribution in [2.75, 3.05) is 26.4 Å². The predicted molar refractivity (Wildman–Crippen MR) is 178 cm³/mol. The number of ether oxygens (including phenoxy) is 3. The number of rotatable bonds is 24. The van der Waals surface area contributed by atoms with Crippen LogP contribution in [0.1, 0.15) is 94.1 Å². The van der Waals surface area contributed by atoms with Gasteiger partial charge in [0, 0.05) is 12.2 Å². The summed E-state index contributed by atoms with van der Waals surface area (Å²) in [6, 6.07) is 12.8. The van der Waals surface area contributed by atoms with Crippen molar-refractivity contribution in [1.29, 1.82) is 0 Å². The maximum atomic E-state index is 12.8. The van der Waals surface area contributed by atoms with Crippen molar-refractivity contribution < 1.29 is 37.3 Å². The first-order chi connectivity index (χ1) is 21.8. The topological polar surface area (TPSA) is 90.2 Å². The Kier molecular flexibility index (Phi) is 17.0. The molecule has 0 amide bonds. The predicted octanol–water partition coefficient (Wildman–Crippen LogP) is 8.35. The van der Waals surface area contributed by atoms with Gasteiger partial charge in [0.1, 0.15) is 30.0 Å². The molecule has 2 unspecified atom stereocenters. The molecule has 0 saturated carbocycles. The minimum Gasteiger partial charge on any atom is -0.746 e. The lowest BCUT2D eigenvalue weighted by Gasteiger charge is -2.26. The largest absolute Gasteiger partial charge is 0.746 e. The fraction of sp³-hybridized carbons (Fsp3) is 0.571. The summed E-state index contributed by atoms with van der Waals surface area (Å²) in [7, 11) is -4.67. The molecule has 0 N–H and O–H groups in total. The van der Waals surface area contributed by atoms with Crippen LogP contribution in [0.3, 0.4) is 0 Å². The second kappa shape index (κ2) is 20.7. The van der Waals surface area contributed by atoms with E-state index in [9.17, 15) is 9.46 Å². The zero-order chi connectivity index (χ0) is 32.3. The fourth-order valence-corrected chi connectivity index (χ4v) is 6.46. The van der Waals surface area contributed by atoms with Crippen LogP contribution >= 0.6 is 19.2 Å². The Hall–Kier alpha value is -2.42. The monoisotopic (exact) mass is 661 g/mol. The summed E-state index contributed by atoms with van der Waals surface area (Å²) in [6.07, 6.45) is 14.2. The molecular formula is C35H52NO7PS. The number of hydrogen-bond acceptors (Lipinski definition) is 8. The van der Waals surface area contributed by atoms with Crippen LogP contribution in [0, 0.1) is 13.8 Å². The molecule has 0 fully saturated rings. The second-order valence-electron chi connectivity index (χ2n) is 11.4. The first kappa shape index (κ1) is 37.0. The summed E-state index contributed by atoms with van der Waals surface area (Å²) >= 11 is 1.62. The molecule has 1 heterocycles. The van der Waals surface area contributed by atoms with Crippen molar-refractivity contribution >= 4 is 19.2 Å². The number of hydrogen-bond donors (Lipinski definition) is 0. The third kappa shape index (κ3) is 14.3. The van der Waals surface area contributed by atoms with Gasteiger partial charge in [-0.05, 0) is 51.5 Å². The lowest BCUT2D eigenvalue weighted by atomic mass is 10.1. The Bertz CT molecular complexity index is 1300. The molecule has 0 spiro atoms. The first-order valence-electron chi connectivity index (χ1n) is 16.4. The molecule has 0 aliphatic heterocycles. The van der Waals surface area contributed by atoms with Crippen molar-refractivity contribution in [1.82, 2.24) is 0 Å². The van der Waals surface area contributed by atoms with Crippen molar-refractivity contribution in [3.8, 4) is 17.2 Å². The van der Waals surface area contributed by atoms with E-state index < -0.39 is 13.9 Å². The zero-order valence-electron chi connectivity index (χ0n) is 27.5. The highest BCUT2D eigenvalue weighted by Crippen LogP contribution is 2.41. The number of thiazole rings is 1. The Morgan fingerprint density at radius 2 is 1.47 bits per heavy atom. The Morgan fingerprint density at radius 1 is 0.822 bits per heavy atom. The number of aryl methyl sites for hydroxylation is 1. The molecular weight excluding hydrogens is 609 g/mol. The average Bonchev–Trinajstić information content (AvgIpc) is 3.43. The number of phosphoric ester groups is 1. The van der Waals surface area contributed by atoms with Crippen LogP contribution in [-0.2, 0) is 20.4 Å². The van der Waals surface area contributed by atoms with E-state index in [1.54, 1.807) is 23.5 Å². The molecule has 45 heavy (non-hydrogen) atoms. The number of para-hydroxylation sites is 1. The molecule has 1 aromatic heterocycles. The average molecular weight is 662 g/mol. The van der Waals surface area contributed by atoms with E-state index in [-0.39, 0.29) is 19.0 Å². The van der Waals surface area contributed by atoms with Crippen LogP contribution in [0.4, 0.5) is 0 Å². The van der Waals surface area contributed by atoms with Crippen molar-refractivity contribution in [3.63, 3.8) is 0 Å². The van der Waals surface area contributed by atoms with E-state index in [2.05, 4.69) is 6.92 Å². The Balaban J connectivity index is 1.43. The minimum atomic E-state index is -4.67. The van der Waals surface area contributed by atoms with Gasteiger partial charge in [-0.3, -0.25) is 4.57 Å². The Morgan fingerprint density at radius 3 is 2.13 bits per heavy atom. The van der Waals surface area contributed by atoms with Gasteiger partial charge in [-0.25, -0.2) is 0 Å². The maximum absolute atomic E-state index is 12.8. The van der Waals surface area contributed by atoms with Crippen LogP contribution < -0.4 is 23.5 Å². The summed E-state index contributed by atoms with van der Waals surface area (Å²) in [6.45, 7) is 9.49. The molecule has 10 heteroatoms. The summed E-state index contributed by atoms with van der Waals surface area (Å²) < 4.78 is 43.3. The van der Waals surface area contributed by atoms with Gasteiger partial charge in [0.25, 0.3) is 0 Å². The SMILES string of the molecule is CCCCCCCCCCCCOc1cccc(OCC(COP(=O)([O-])Oc2ccccc2C[n+]2csc(C)c2)OCC)c1C. The molecule has 8 nitrogen and oxygen atoms in total. The summed E-state index contributed by atoms with van der Waals surface area (Å²) in [4.78, 5) is 14.0. The molecule has 250 valence electrons. The van der Waals surface area contributed by atoms with Crippen molar-refractivity contribution in [3.05, 3.63) is 70.2 Å². The van der Waals surface area contributed by atoms with Gasteiger partial charge in [0.05, 0.1) is 23.7 Å². The summed E-state index contributed by atoms with van der Waals surface area (Å²) in [5.74, 6) is 1.69. The van der Waals surface area contributed by atoms with Crippen LogP contribution in [-0.4, -0.2) is 32.5 Å². The molecule has 2 aromatic carbocycles. The van der Waals surface area contributed by atoms with E-state index in [4.69, 9.17) is 23.3 Å². The molecule has 0 aliphatic carbocycles. The quantitative estimate of drug-likeness (QED) is 0.0542. The van der Waals surface area contributed by atoms with Crippen LogP contribution in [0.15, 0.2) is 54.2 Å². The van der Waals surface area contributed by atoms with Gasteiger partial charge >= 0.3 is 7.82 Å². The van der Waals surface area contributed by atoms with Crippen molar-refractivity contribution in [2.24, 2.45) is 0 Å². The van der Waals surface area contributed by atoms with E-state index in [1.165, 1.54) is 57.8 Å². The van der Waals surface area contributed by atoms with Gasteiger partial charge in [0.2, 0.25) is 5.51 Å². The number of phosphoric acid groups is 1. The number of nitrogens with zero attached hydrogens (tertiary/aromatic N) is 1. The lowest BCUT2D eigenvalue weighted by Crippen LogP contribution is -2.31. The third-order valence-electron chi connectivity index (χ3n) is 7.49. The number of aromatic nitrogens is 1. The van der Waals surface area contributed by atoms with E-state index in [0.29, 0.717) is 25.5 Å². The fourth-order valence-electron chi connectivity index (χ4n) is 5.01. The van der Waals surface area contributed by atoms with Crippen LogP contribution in [0.5, 0.6) is 17.2 Å². The molecule has 0 saturated heterocycles. The smallest absolute Gasteiger partial charge is 0.319 e. The van der Waals surface area contributed by atoms with Crippen LogP contribution in [0.25, 0.3) is 0 Å². The van der Waals surface area contributed by atoms with Gasteiger partial charge in [-0.15, -0.1) is 0 Å². The molecule has 3 rings (SSSR count). The van der Waals surface area contributed by atoms with Crippen LogP contribution in [0.2, 0.25) is 0 Å². The highest BCUT2D eigenvalue weighted by atomic mass is 32.1. The molecule has 3 aromatic rings. The van der Waals surface area contributed by atoms with Gasteiger partial charge in [0.15, 0.2) is 12.7 Å². The number of benzene rings is 2. The molecule has 0 bridgehead atoms. The van der Waals surface area contributed by atoms with Gasteiger partial charge < -0.3 is 28.2 Å². The van der Waals surface area contributed by atoms with Gasteiger partial charge in [-0.1, -0.05) is 94.2 Å². The minimum absolute atomic E-state index is 0.112. The van der Waals surface area contributed by atoms with E-state index >= 15 is 0 Å². The maximum Gasteiger partial charge on any atom is 0.319 e. The molecule has 0 aliphatic rings. The van der Waals surface area contributed by atoms with Gasteiger partial charge in [-0.2, -0.15) is 4.57 Å². The van der Waals surface area contributed by atoms with E-state index in [1.807, 2.05) is 67.4 Å². The first-order valence-corrected chi connectivity index (χ1v) is 18.8. The highest BCUT2D eigenvalue weighted by molar-refractivity contribution is 7.46. The number of unbranched alkanes of at least 4 members (excludes halogenated alkanes) is 9. The standard InChI is InChI=1S/C35H52NO7PS/c1-5-7-8-9-10-11-12-13-14-17-23-40-33-21-18-22-34(30(33)4)41-26-32(39-6-2)27-42-44(37,38)43-35-20-16-15-19-31(35)25-36-24-29(3)45-28-36/h15-16,18-22,24,28,32H,5-14,17,23,25-27H2,1-4H3. The Labute approximate surface area is 274 Å². The molecule has 2 atom stereocenters. The highest BCUT2D eigenvalue weighted by Gasteiger charge is 2.20. The third-order valence-corrected chi connectivity index (χ3v) is 9.23.